The summed E-state index contributed by atoms with van der Waals surface area (Å²) in [5, 5.41) is 5.17. The molecule has 0 amide bonds. The lowest BCUT2D eigenvalue weighted by Gasteiger charge is -2.04. The van der Waals surface area contributed by atoms with Crippen molar-refractivity contribution >= 4 is 17.4 Å². The quantitative estimate of drug-likeness (QED) is 0.568. The van der Waals surface area contributed by atoms with Gasteiger partial charge in [0.2, 0.25) is 5.16 Å². The molecule has 4 rings (SSSR count). The second-order valence-corrected chi connectivity index (χ2v) is 6.65. The molecule has 4 aromatic rings. The number of imidazole rings is 1. The molecule has 120 valence electrons. The zero-order valence-corrected chi connectivity index (χ0v) is 13.7. The third kappa shape index (κ3) is 2.90. The minimum absolute atomic E-state index is 0.0460. The molecule has 1 N–H and O–H groups in total. The average molecular weight is 339 g/mol. The van der Waals surface area contributed by atoms with Crippen LogP contribution in [0.1, 0.15) is 18.0 Å². The van der Waals surface area contributed by atoms with Crippen LogP contribution in [0.25, 0.3) is 16.9 Å². The minimum Gasteiger partial charge on any atom is -0.347 e. The minimum atomic E-state index is -0.270. The first-order valence-electron chi connectivity index (χ1n) is 7.48. The van der Waals surface area contributed by atoms with Crippen LogP contribution < -0.4 is 0 Å². The average Bonchev–Trinajstić information content (AvgIpc) is 3.21. The molecule has 0 bridgehead atoms. The fourth-order valence-electron chi connectivity index (χ4n) is 2.42. The first-order valence-corrected chi connectivity index (χ1v) is 8.36. The highest BCUT2D eigenvalue weighted by Gasteiger charge is 2.15. The summed E-state index contributed by atoms with van der Waals surface area (Å²) in [6.45, 7) is 2.03. The van der Waals surface area contributed by atoms with E-state index in [9.17, 15) is 4.39 Å². The van der Waals surface area contributed by atoms with Gasteiger partial charge in [0, 0.05) is 18.0 Å². The lowest BCUT2D eigenvalue weighted by molar-refractivity contribution is 0.628. The van der Waals surface area contributed by atoms with Crippen molar-refractivity contribution in [3.05, 3.63) is 66.5 Å². The summed E-state index contributed by atoms with van der Waals surface area (Å²) >= 11 is 1.52. The van der Waals surface area contributed by atoms with Gasteiger partial charge in [-0.05, 0) is 31.2 Å². The van der Waals surface area contributed by atoms with Gasteiger partial charge < -0.3 is 4.98 Å². The number of fused-ring (bicyclic) bond motifs is 1. The van der Waals surface area contributed by atoms with Crippen LogP contribution in [-0.2, 0) is 0 Å². The van der Waals surface area contributed by atoms with E-state index in [2.05, 4.69) is 20.1 Å². The van der Waals surface area contributed by atoms with Gasteiger partial charge in [0.1, 0.15) is 11.6 Å². The third-order valence-electron chi connectivity index (χ3n) is 3.61. The zero-order valence-electron chi connectivity index (χ0n) is 12.8. The zero-order chi connectivity index (χ0) is 16.5. The fourth-order valence-corrected chi connectivity index (χ4v) is 3.25. The van der Waals surface area contributed by atoms with Crippen molar-refractivity contribution in [2.45, 2.75) is 17.3 Å². The smallest absolute Gasteiger partial charge is 0.210 e. The Labute approximate surface area is 142 Å². The van der Waals surface area contributed by atoms with Crippen LogP contribution in [0.15, 0.2) is 60.0 Å². The molecule has 0 aliphatic carbocycles. The molecule has 3 aromatic heterocycles. The Hall–Kier alpha value is -2.67. The molecular weight excluding hydrogens is 325 g/mol. The summed E-state index contributed by atoms with van der Waals surface area (Å²) in [7, 11) is 0. The van der Waals surface area contributed by atoms with Gasteiger partial charge in [-0.15, -0.1) is 5.10 Å². The van der Waals surface area contributed by atoms with Crippen LogP contribution in [0, 0.1) is 5.82 Å². The monoisotopic (exact) mass is 339 g/mol. The SMILES string of the molecule is CC(Sc1nc2ccccn2n1)c1nc(-c2cccc(F)c2)c[nH]1. The van der Waals surface area contributed by atoms with Crippen molar-refractivity contribution in [2.75, 3.05) is 0 Å². The highest BCUT2D eigenvalue weighted by atomic mass is 32.2. The van der Waals surface area contributed by atoms with Gasteiger partial charge in [0.25, 0.3) is 0 Å². The van der Waals surface area contributed by atoms with E-state index in [4.69, 9.17) is 0 Å². The molecule has 3 heterocycles. The van der Waals surface area contributed by atoms with E-state index < -0.39 is 0 Å². The van der Waals surface area contributed by atoms with Gasteiger partial charge in [-0.1, -0.05) is 30.0 Å². The van der Waals surface area contributed by atoms with Crippen molar-refractivity contribution in [2.24, 2.45) is 0 Å². The summed E-state index contributed by atoms with van der Waals surface area (Å²) < 4.78 is 15.1. The molecule has 7 heteroatoms. The molecule has 0 aliphatic heterocycles. The van der Waals surface area contributed by atoms with E-state index in [1.165, 1.54) is 23.9 Å². The molecule has 1 atom stereocenters. The van der Waals surface area contributed by atoms with Gasteiger partial charge in [-0.3, -0.25) is 0 Å². The van der Waals surface area contributed by atoms with Crippen LogP contribution in [0.3, 0.4) is 0 Å². The molecular formula is C17H14FN5S. The van der Waals surface area contributed by atoms with Crippen LogP contribution in [-0.4, -0.2) is 24.6 Å². The second kappa shape index (κ2) is 6.09. The predicted octanol–water partition coefficient (Wildman–Crippen LogP) is 4.11. The standard InChI is InChI=1S/C17H14FN5S/c1-11(24-17-21-15-7-2-3-8-23(15)22-17)16-19-10-14(20-16)12-5-4-6-13(18)9-12/h2-11H,1H3,(H,19,20). The fraction of sp³-hybridized carbons (Fsp3) is 0.118. The third-order valence-corrected chi connectivity index (χ3v) is 4.57. The Balaban J connectivity index is 1.55. The number of benzene rings is 1. The lowest BCUT2D eigenvalue weighted by atomic mass is 10.2. The molecule has 0 fully saturated rings. The van der Waals surface area contributed by atoms with E-state index in [0.29, 0.717) is 5.16 Å². The largest absolute Gasteiger partial charge is 0.347 e. The van der Waals surface area contributed by atoms with E-state index in [1.54, 1.807) is 16.8 Å². The number of aromatic nitrogens is 5. The van der Waals surface area contributed by atoms with Crippen molar-refractivity contribution in [3.8, 4) is 11.3 Å². The number of nitrogens with zero attached hydrogens (tertiary/aromatic N) is 4. The van der Waals surface area contributed by atoms with E-state index in [1.807, 2.05) is 37.4 Å². The maximum atomic E-state index is 13.3. The van der Waals surface area contributed by atoms with Crippen LogP contribution in [0.4, 0.5) is 4.39 Å². The molecule has 0 saturated carbocycles. The predicted molar refractivity (Wildman–Crippen MR) is 91.2 cm³/mol. The van der Waals surface area contributed by atoms with E-state index in [0.717, 1.165) is 22.7 Å². The van der Waals surface area contributed by atoms with Crippen LogP contribution >= 0.6 is 11.8 Å². The Bertz CT molecular complexity index is 960. The van der Waals surface area contributed by atoms with E-state index >= 15 is 0 Å². The molecule has 0 radical (unpaired) electrons. The molecule has 1 aromatic carbocycles. The molecule has 0 aliphatic rings. The number of aromatic amines is 1. The van der Waals surface area contributed by atoms with Crippen molar-refractivity contribution < 1.29 is 4.39 Å². The number of halogens is 1. The molecule has 5 nitrogen and oxygen atoms in total. The van der Waals surface area contributed by atoms with E-state index in [-0.39, 0.29) is 11.1 Å². The Morgan fingerprint density at radius 2 is 2.08 bits per heavy atom. The number of nitrogens with one attached hydrogen (secondary N) is 1. The molecule has 24 heavy (non-hydrogen) atoms. The van der Waals surface area contributed by atoms with Crippen molar-refractivity contribution in [3.63, 3.8) is 0 Å². The summed E-state index contributed by atoms with van der Waals surface area (Å²) in [6.07, 6.45) is 3.66. The summed E-state index contributed by atoms with van der Waals surface area (Å²) in [5.41, 5.74) is 2.28. The number of pyridine rings is 1. The second-order valence-electron chi connectivity index (χ2n) is 5.34. The molecule has 0 spiro atoms. The van der Waals surface area contributed by atoms with Gasteiger partial charge in [0.05, 0.1) is 10.9 Å². The Morgan fingerprint density at radius 3 is 2.92 bits per heavy atom. The number of H-pyrrole nitrogens is 1. The number of hydrogen-bond donors (Lipinski definition) is 1. The highest BCUT2D eigenvalue weighted by Crippen LogP contribution is 2.32. The Morgan fingerprint density at radius 1 is 1.17 bits per heavy atom. The summed E-state index contributed by atoms with van der Waals surface area (Å²) in [5.74, 6) is 0.534. The van der Waals surface area contributed by atoms with Gasteiger partial charge >= 0.3 is 0 Å². The highest BCUT2D eigenvalue weighted by molar-refractivity contribution is 7.99. The Kier molecular flexibility index (Phi) is 3.78. The van der Waals surface area contributed by atoms with Crippen molar-refractivity contribution in [1.82, 2.24) is 24.6 Å². The van der Waals surface area contributed by atoms with Crippen molar-refractivity contribution in [1.29, 1.82) is 0 Å². The first-order chi connectivity index (χ1) is 11.7. The maximum absolute atomic E-state index is 13.3. The number of thioether (sulfide) groups is 1. The summed E-state index contributed by atoms with van der Waals surface area (Å²) in [6, 6.07) is 12.2. The van der Waals surface area contributed by atoms with Gasteiger partial charge in [0.15, 0.2) is 5.65 Å². The topological polar surface area (TPSA) is 58.9 Å². The normalized spacial score (nSPS) is 12.6. The number of hydrogen-bond acceptors (Lipinski definition) is 4. The van der Waals surface area contributed by atoms with Crippen LogP contribution in [0.2, 0.25) is 0 Å². The molecule has 1 unspecified atom stereocenters. The molecule has 0 saturated heterocycles. The lowest BCUT2D eigenvalue weighted by Crippen LogP contribution is -1.93. The number of rotatable bonds is 4. The van der Waals surface area contributed by atoms with Gasteiger partial charge in [-0.2, -0.15) is 0 Å². The van der Waals surface area contributed by atoms with Crippen LogP contribution in [0.5, 0.6) is 0 Å². The maximum Gasteiger partial charge on any atom is 0.210 e. The summed E-state index contributed by atoms with van der Waals surface area (Å²) in [4.78, 5) is 12.2. The van der Waals surface area contributed by atoms with Gasteiger partial charge in [-0.25, -0.2) is 18.9 Å². The first kappa shape index (κ1) is 14.9.